The third kappa shape index (κ3) is 7.39. The Morgan fingerprint density at radius 2 is 2.00 bits per heavy atom. The Balaban J connectivity index is 1.60. The smallest absolute Gasteiger partial charge is 0.459 e. The molecule has 3 aromatic rings. The zero-order chi connectivity index (χ0) is 32.6. The molecule has 0 spiro atoms. The summed E-state index contributed by atoms with van der Waals surface area (Å²) >= 11 is 5.92. The first-order valence-electron chi connectivity index (χ1n) is 12.8. The van der Waals surface area contributed by atoms with Gasteiger partial charge in [-0.2, -0.15) is 15.1 Å². The number of carbonyl (C=O) groups excluding carboxylic acids is 1. The average molecular weight is 679 g/mol. The molecule has 21 heteroatoms. The molecule has 6 atom stereocenters. The van der Waals surface area contributed by atoms with Gasteiger partial charge in [0.2, 0.25) is 16.0 Å². The molecule has 1 aromatic carbocycles. The maximum absolute atomic E-state index is 13.8. The average Bonchev–Trinajstić information content (AvgIpc) is 3.44. The fourth-order valence-electron chi connectivity index (χ4n) is 4.36. The topological polar surface area (TPSA) is 243 Å². The first kappa shape index (κ1) is 33.8. The molecular formula is C23H32ClN8O10PS. The number of aliphatic hydroxyl groups is 2. The van der Waals surface area contributed by atoms with E-state index < -0.39 is 60.4 Å². The van der Waals surface area contributed by atoms with Gasteiger partial charge in [0.15, 0.2) is 23.2 Å². The second-order valence-corrected chi connectivity index (χ2v) is 13.9. The number of halogens is 1. The summed E-state index contributed by atoms with van der Waals surface area (Å²) in [7, 11) is -5.51. The summed E-state index contributed by atoms with van der Waals surface area (Å²) in [5.74, 6) is -0.909. The number of hydrogen-bond donors (Lipinski definition) is 5. The number of rotatable bonds is 12. The number of aromatic nitrogens is 4. The van der Waals surface area contributed by atoms with Crippen LogP contribution in [-0.4, -0.2) is 95.0 Å². The van der Waals surface area contributed by atoms with Crippen molar-refractivity contribution in [3.8, 4) is 5.75 Å². The van der Waals surface area contributed by atoms with Crippen molar-refractivity contribution in [3.63, 3.8) is 0 Å². The molecule has 242 valence electrons. The number of sulfonamides is 1. The number of hydrogen-bond acceptors (Lipinski definition) is 15. The van der Waals surface area contributed by atoms with E-state index in [0.717, 1.165) is 18.4 Å². The van der Waals surface area contributed by atoms with Gasteiger partial charge >= 0.3 is 13.7 Å². The fraction of sp³-hybridized carbons (Fsp3) is 0.478. The molecule has 2 unspecified atom stereocenters. The highest BCUT2D eigenvalue weighted by Gasteiger charge is 2.54. The molecule has 1 aliphatic rings. The standard InChI is InChI=1S/C23H32ClN8O10PS/c1-12(20(34)39-4)29-43(36,42-14-8-6-13(24)7-9-14)40-10-15-17(33)23(2,35)21(41-15)32-11-26-16-18(27-22(25)28-19(16)32)31(3)30-44(5,37)38/h6-9,11-12,15,17,21,30,33,35H,10H2,1-5H3,(H,29,36)(H2,25,27,28)/t12?,15-,17-,21-,23-,43?/m1/s1. The van der Waals surface area contributed by atoms with Crippen LogP contribution in [0.5, 0.6) is 5.75 Å². The molecule has 4 rings (SSSR count). The highest BCUT2D eigenvalue weighted by atomic mass is 35.5. The number of carbonyl (C=O) groups is 1. The third-order valence-electron chi connectivity index (χ3n) is 6.40. The van der Waals surface area contributed by atoms with Crippen LogP contribution in [0.2, 0.25) is 5.02 Å². The molecule has 1 aliphatic heterocycles. The van der Waals surface area contributed by atoms with Gasteiger partial charge in [-0.3, -0.25) is 18.9 Å². The molecule has 0 saturated carbocycles. The summed E-state index contributed by atoms with van der Waals surface area (Å²) in [6.07, 6.45) is -2.06. The van der Waals surface area contributed by atoms with E-state index in [1.54, 1.807) is 0 Å². The van der Waals surface area contributed by atoms with E-state index in [1.165, 1.54) is 56.1 Å². The van der Waals surface area contributed by atoms with Crippen LogP contribution in [0, 0.1) is 0 Å². The fourth-order valence-corrected chi connectivity index (χ4v) is 6.57. The van der Waals surface area contributed by atoms with Gasteiger partial charge < -0.3 is 29.9 Å². The van der Waals surface area contributed by atoms with E-state index in [9.17, 15) is 28.0 Å². The number of hydrazine groups is 1. The Hall–Kier alpha value is -3.13. The molecule has 1 saturated heterocycles. The lowest BCUT2D eigenvalue weighted by atomic mass is 9.96. The first-order chi connectivity index (χ1) is 20.4. The lowest BCUT2D eigenvalue weighted by Crippen LogP contribution is -2.44. The van der Waals surface area contributed by atoms with Gasteiger partial charge in [-0.15, -0.1) is 4.83 Å². The van der Waals surface area contributed by atoms with E-state index in [1.807, 2.05) is 0 Å². The minimum Gasteiger partial charge on any atom is -0.468 e. The molecule has 18 nitrogen and oxygen atoms in total. The zero-order valence-electron chi connectivity index (χ0n) is 24.1. The molecule has 1 fully saturated rings. The van der Waals surface area contributed by atoms with Crippen LogP contribution in [0.4, 0.5) is 11.8 Å². The van der Waals surface area contributed by atoms with Gasteiger partial charge in [-0.05, 0) is 38.1 Å². The molecule has 0 aliphatic carbocycles. The number of methoxy groups -OCH3 is 1. The van der Waals surface area contributed by atoms with Crippen LogP contribution >= 0.6 is 19.3 Å². The second-order valence-electron chi connectivity index (χ2n) is 10.1. The number of benzene rings is 1. The number of nitrogens with one attached hydrogen (secondary N) is 2. The largest absolute Gasteiger partial charge is 0.468 e. The number of aliphatic hydroxyl groups excluding tert-OH is 1. The monoisotopic (exact) mass is 678 g/mol. The molecular weight excluding hydrogens is 647 g/mol. The summed E-state index contributed by atoms with van der Waals surface area (Å²) in [6.45, 7) is 2.08. The minimum atomic E-state index is -4.35. The lowest BCUT2D eigenvalue weighted by Gasteiger charge is -2.27. The van der Waals surface area contributed by atoms with Crippen molar-refractivity contribution in [3.05, 3.63) is 35.6 Å². The highest BCUT2D eigenvalue weighted by molar-refractivity contribution is 7.88. The van der Waals surface area contributed by atoms with E-state index in [-0.39, 0.29) is 28.7 Å². The summed E-state index contributed by atoms with van der Waals surface area (Å²) in [6, 6.07) is 4.71. The molecule has 0 bridgehead atoms. The number of fused-ring (bicyclic) bond motifs is 1. The number of anilines is 2. The number of esters is 1. The SMILES string of the molecule is COC(=O)C(C)NP(=O)(OC[C@H]1O[C@@H](n2cnc3c(N(C)NS(C)(=O)=O)nc(N)nc32)[C@](C)(O)[C@@H]1O)Oc1ccc(Cl)cc1. The number of nitrogen functional groups attached to an aromatic ring is 1. The van der Waals surface area contributed by atoms with E-state index in [2.05, 4.69) is 29.6 Å². The quantitative estimate of drug-likeness (QED) is 0.0984. The van der Waals surface area contributed by atoms with Crippen molar-refractivity contribution in [2.75, 3.05) is 37.8 Å². The van der Waals surface area contributed by atoms with Gasteiger partial charge in [0.1, 0.15) is 29.6 Å². The van der Waals surface area contributed by atoms with Crippen molar-refractivity contribution in [1.82, 2.24) is 29.4 Å². The predicted molar refractivity (Wildman–Crippen MR) is 157 cm³/mol. The number of imidazole rings is 1. The summed E-state index contributed by atoms with van der Waals surface area (Å²) in [5, 5.41) is 26.3. The van der Waals surface area contributed by atoms with Crippen LogP contribution in [0.3, 0.4) is 0 Å². The third-order valence-corrected chi connectivity index (χ3v) is 8.90. The van der Waals surface area contributed by atoms with E-state index in [4.69, 9.17) is 31.1 Å². The summed E-state index contributed by atoms with van der Waals surface area (Å²) in [5.41, 5.74) is 4.02. The van der Waals surface area contributed by atoms with E-state index >= 15 is 0 Å². The van der Waals surface area contributed by atoms with Gasteiger partial charge in [0.25, 0.3) is 0 Å². The van der Waals surface area contributed by atoms with Crippen molar-refractivity contribution in [2.45, 2.75) is 43.9 Å². The van der Waals surface area contributed by atoms with Crippen molar-refractivity contribution in [2.24, 2.45) is 0 Å². The Morgan fingerprint density at radius 1 is 1.34 bits per heavy atom. The van der Waals surface area contributed by atoms with Crippen molar-refractivity contribution < 1.29 is 46.5 Å². The van der Waals surface area contributed by atoms with Gasteiger partial charge in [0, 0.05) is 12.1 Å². The molecule has 6 N–H and O–H groups in total. The van der Waals surface area contributed by atoms with E-state index in [0.29, 0.717) is 5.02 Å². The second kappa shape index (κ2) is 12.7. The Bertz CT molecular complexity index is 1680. The van der Waals surface area contributed by atoms with Crippen molar-refractivity contribution >= 4 is 58.3 Å². The van der Waals surface area contributed by atoms with Crippen LogP contribution in [0.25, 0.3) is 11.2 Å². The molecule has 0 amide bonds. The van der Waals surface area contributed by atoms with Crippen LogP contribution in [-0.2, 0) is 33.4 Å². The predicted octanol–water partition coefficient (Wildman–Crippen LogP) is 0.326. The molecule has 0 radical (unpaired) electrons. The Labute approximate surface area is 257 Å². The van der Waals surface area contributed by atoms with Gasteiger partial charge in [-0.25, -0.2) is 18.0 Å². The highest BCUT2D eigenvalue weighted by Crippen LogP contribution is 2.47. The molecule has 44 heavy (non-hydrogen) atoms. The molecule has 3 heterocycles. The van der Waals surface area contributed by atoms with Crippen LogP contribution in [0.15, 0.2) is 30.6 Å². The van der Waals surface area contributed by atoms with Crippen molar-refractivity contribution in [1.29, 1.82) is 0 Å². The minimum absolute atomic E-state index is 0.000772. The maximum Gasteiger partial charge on any atom is 0.459 e. The molecule has 2 aromatic heterocycles. The summed E-state index contributed by atoms with van der Waals surface area (Å²) in [4.78, 5) is 26.7. The van der Waals surface area contributed by atoms with Gasteiger partial charge in [0.05, 0.1) is 26.3 Å². The van der Waals surface area contributed by atoms with Gasteiger partial charge in [-0.1, -0.05) is 11.6 Å². The Kier molecular flexibility index (Phi) is 9.74. The first-order valence-corrected chi connectivity index (χ1v) is 16.6. The normalized spacial score (nSPS) is 24.1. The van der Waals surface area contributed by atoms with Crippen LogP contribution < -0.4 is 25.2 Å². The number of nitrogens with zero attached hydrogens (tertiary/aromatic N) is 5. The lowest BCUT2D eigenvalue weighted by molar-refractivity contribution is -0.142. The zero-order valence-corrected chi connectivity index (χ0v) is 26.6. The maximum atomic E-state index is 13.8. The van der Waals surface area contributed by atoms with Crippen LogP contribution in [0.1, 0.15) is 20.1 Å². The Morgan fingerprint density at radius 3 is 2.61 bits per heavy atom. The number of ether oxygens (including phenoxy) is 2. The number of nitrogens with two attached hydrogens (primary N) is 1. The summed E-state index contributed by atoms with van der Waals surface area (Å²) < 4.78 is 60.3.